The van der Waals surface area contributed by atoms with Crippen molar-refractivity contribution >= 4 is 22.6 Å². The van der Waals surface area contributed by atoms with Crippen LogP contribution in [0, 0.1) is 24.4 Å². The van der Waals surface area contributed by atoms with Gasteiger partial charge in [-0.25, -0.2) is 22.8 Å². The highest BCUT2D eigenvalue weighted by atomic mass is 19.1. The molecule has 0 spiro atoms. The molecule has 4 aromatic rings. The van der Waals surface area contributed by atoms with Crippen LogP contribution in [0.3, 0.4) is 0 Å². The number of hydrogen-bond donors (Lipinski definition) is 1. The van der Waals surface area contributed by atoms with Crippen molar-refractivity contribution in [2.75, 3.05) is 5.32 Å². The molecule has 10 heteroatoms. The lowest BCUT2D eigenvalue weighted by Crippen LogP contribution is -2.26. The van der Waals surface area contributed by atoms with E-state index in [2.05, 4.69) is 15.4 Å². The van der Waals surface area contributed by atoms with Crippen LogP contribution in [0.2, 0.25) is 0 Å². The highest BCUT2D eigenvalue weighted by molar-refractivity contribution is 5.90. The Labute approximate surface area is 173 Å². The van der Waals surface area contributed by atoms with Crippen LogP contribution in [0.4, 0.5) is 18.9 Å². The normalized spacial score (nSPS) is 11.1. The molecule has 0 saturated carbocycles. The summed E-state index contributed by atoms with van der Waals surface area (Å²) in [5.74, 6) is -2.09. The molecular weight excluding hydrogens is 411 g/mol. The second kappa shape index (κ2) is 8.05. The second-order valence-corrected chi connectivity index (χ2v) is 6.81. The third-order valence-corrected chi connectivity index (χ3v) is 4.71. The number of benzene rings is 2. The van der Waals surface area contributed by atoms with Crippen LogP contribution in [0.5, 0.6) is 0 Å². The Bertz CT molecular complexity index is 1350. The van der Waals surface area contributed by atoms with E-state index in [1.807, 2.05) is 0 Å². The van der Waals surface area contributed by atoms with Gasteiger partial charge in [-0.2, -0.15) is 5.10 Å². The Morgan fingerprint density at radius 3 is 2.52 bits per heavy atom. The Morgan fingerprint density at radius 2 is 1.77 bits per heavy atom. The molecule has 31 heavy (non-hydrogen) atoms. The average molecular weight is 427 g/mol. The first-order valence-corrected chi connectivity index (χ1v) is 9.29. The van der Waals surface area contributed by atoms with Crippen LogP contribution in [0.25, 0.3) is 16.7 Å². The van der Waals surface area contributed by atoms with Gasteiger partial charge in [0, 0.05) is 19.0 Å². The molecule has 0 atom stereocenters. The molecule has 1 amide bonds. The van der Waals surface area contributed by atoms with Crippen LogP contribution in [0.1, 0.15) is 12.2 Å². The van der Waals surface area contributed by atoms with Gasteiger partial charge in [-0.3, -0.25) is 14.2 Å². The SMILES string of the molecule is Cc1nc2c(cnn2-c2ccc(F)cc2)c(=O)n1CCC(=O)Nc1cc(F)ccc1F. The molecule has 0 unspecified atom stereocenters. The van der Waals surface area contributed by atoms with Gasteiger partial charge < -0.3 is 5.32 Å². The smallest absolute Gasteiger partial charge is 0.264 e. The fourth-order valence-electron chi connectivity index (χ4n) is 3.16. The minimum atomic E-state index is -0.764. The summed E-state index contributed by atoms with van der Waals surface area (Å²) in [5.41, 5.74) is 0.164. The van der Waals surface area contributed by atoms with Crippen molar-refractivity contribution in [3.63, 3.8) is 0 Å². The predicted octanol–water partition coefficient (Wildman–Crippen LogP) is 3.34. The molecule has 0 aliphatic heterocycles. The molecular formula is C21H16F3N5O2. The summed E-state index contributed by atoms with van der Waals surface area (Å²) < 4.78 is 42.8. The van der Waals surface area contributed by atoms with Gasteiger partial charge in [0.05, 0.1) is 17.6 Å². The van der Waals surface area contributed by atoms with Gasteiger partial charge in [0.25, 0.3) is 5.56 Å². The number of hydrogen-bond acceptors (Lipinski definition) is 4. The summed E-state index contributed by atoms with van der Waals surface area (Å²) in [6.07, 6.45) is 1.20. The number of nitrogens with one attached hydrogen (secondary N) is 1. The molecule has 0 radical (unpaired) electrons. The number of carbonyl (C=O) groups is 1. The molecule has 0 bridgehead atoms. The minimum absolute atomic E-state index is 0.0158. The van der Waals surface area contributed by atoms with Crippen molar-refractivity contribution in [1.82, 2.24) is 19.3 Å². The number of rotatable bonds is 5. The molecule has 7 nitrogen and oxygen atoms in total. The van der Waals surface area contributed by atoms with Crippen molar-refractivity contribution in [3.05, 3.63) is 82.3 Å². The molecule has 2 aromatic heterocycles. The van der Waals surface area contributed by atoms with E-state index in [0.717, 1.165) is 18.2 Å². The molecule has 2 aromatic carbocycles. The first-order chi connectivity index (χ1) is 14.8. The van der Waals surface area contributed by atoms with Gasteiger partial charge in [-0.1, -0.05) is 0 Å². The molecule has 158 valence electrons. The monoisotopic (exact) mass is 427 g/mol. The summed E-state index contributed by atoms with van der Waals surface area (Å²) in [6, 6.07) is 8.31. The van der Waals surface area contributed by atoms with Crippen molar-refractivity contribution < 1.29 is 18.0 Å². The van der Waals surface area contributed by atoms with Crippen molar-refractivity contribution in [1.29, 1.82) is 0 Å². The van der Waals surface area contributed by atoms with Gasteiger partial charge in [0.1, 0.15) is 28.7 Å². The summed E-state index contributed by atoms with van der Waals surface area (Å²) in [6.45, 7) is 1.59. The molecule has 0 saturated heterocycles. The maximum Gasteiger partial charge on any atom is 0.264 e. The van der Waals surface area contributed by atoms with E-state index in [0.29, 0.717) is 17.2 Å². The first-order valence-electron chi connectivity index (χ1n) is 9.29. The molecule has 1 N–H and O–H groups in total. The zero-order valence-corrected chi connectivity index (χ0v) is 16.3. The zero-order chi connectivity index (χ0) is 22.1. The van der Waals surface area contributed by atoms with Crippen molar-refractivity contribution in [2.45, 2.75) is 19.9 Å². The summed E-state index contributed by atoms with van der Waals surface area (Å²) in [7, 11) is 0. The van der Waals surface area contributed by atoms with Gasteiger partial charge in [-0.05, 0) is 43.3 Å². The number of anilines is 1. The molecule has 2 heterocycles. The van der Waals surface area contributed by atoms with E-state index in [1.165, 1.54) is 39.7 Å². The molecule has 0 fully saturated rings. The quantitative estimate of drug-likeness (QED) is 0.530. The maximum absolute atomic E-state index is 13.7. The van der Waals surface area contributed by atoms with Crippen LogP contribution in [-0.2, 0) is 11.3 Å². The van der Waals surface area contributed by atoms with Crippen molar-refractivity contribution in [3.8, 4) is 5.69 Å². The van der Waals surface area contributed by atoms with E-state index in [9.17, 15) is 22.8 Å². The lowest BCUT2D eigenvalue weighted by atomic mass is 10.2. The number of aryl methyl sites for hydroxylation is 1. The Hall–Kier alpha value is -3.95. The fraction of sp³-hybridized carbons (Fsp3) is 0.143. The Kier molecular flexibility index (Phi) is 5.28. The van der Waals surface area contributed by atoms with E-state index in [1.54, 1.807) is 6.92 Å². The van der Waals surface area contributed by atoms with Crippen LogP contribution in [0.15, 0.2) is 53.5 Å². The standard InChI is InChI=1S/C21H16F3N5O2/c1-12-26-20-16(11-25-29(20)15-5-2-13(22)3-6-15)21(31)28(12)9-8-19(30)27-18-10-14(23)4-7-17(18)24/h2-7,10-11H,8-9H2,1H3,(H,27,30). The summed E-state index contributed by atoms with van der Waals surface area (Å²) in [4.78, 5) is 29.5. The highest BCUT2D eigenvalue weighted by Gasteiger charge is 2.15. The van der Waals surface area contributed by atoms with E-state index >= 15 is 0 Å². The van der Waals surface area contributed by atoms with E-state index in [-0.39, 0.29) is 24.0 Å². The lowest BCUT2D eigenvalue weighted by Gasteiger charge is -2.11. The number of fused-ring (bicyclic) bond motifs is 1. The number of amides is 1. The number of aromatic nitrogens is 4. The first kappa shape index (κ1) is 20.3. The van der Waals surface area contributed by atoms with Crippen molar-refractivity contribution in [2.24, 2.45) is 0 Å². The average Bonchev–Trinajstić information content (AvgIpc) is 3.15. The second-order valence-electron chi connectivity index (χ2n) is 6.81. The lowest BCUT2D eigenvalue weighted by molar-refractivity contribution is -0.116. The van der Waals surface area contributed by atoms with Crippen LogP contribution in [-0.4, -0.2) is 25.2 Å². The third-order valence-electron chi connectivity index (χ3n) is 4.71. The van der Waals surface area contributed by atoms with E-state index in [4.69, 9.17) is 0 Å². The minimum Gasteiger partial charge on any atom is -0.323 e. The van der Waals surface area contributed by atoms with E-state index < -0.39 is 28.9 Å². The van der Waals surface area contributed by atoms with Gasteiger partial charge in [0.15, 0.2) is 5.65 Å². The van der Waals surface area contributed by atoms with Gasteiger partial charge >= 0.3 is 0 Å². The molecule has 4 rings (SSSR count). The number of carbonyl (C=O) groups excluding carboxylic acids is 1. The summed E-state index contributed by atoms with van der Waals surface area (Å²) >= 11 is 0. The highest BCUT2D eigenvalue weighted by Crippen LogP contribution is 2.17. The zero-order valence-electron chi connectivity index (χ0n) is 16.3. The third kappa shape index (κ3) is 4.04. The molecule has 0 aliphatic rings. The topological polar surface area (TPSA) is 81.8 Å². The Balaban J connectivity index is 1.57. The summed E-state index contributed by atoms with van der Waals surface area (Å²) in [5, 5.41) is 6.69. The largest absolute Gasteiger partial charge is 0.323 e. The van der Waals surface area contributed by atoms with Crippen LogP contribution < -0.4 is 10.9 Å². The molecule has 0 aliphatic carbocycles. The maximum atomic E-state index is 13.7. The number of halogens is 3. The number of nitrogens with zero attached hydrogens (tertiary/aromatic N) is 4. The fourth-order valence-corrected chi connectivity index (χ4v) is 3.16. The Morgan fingerprint density at radius 1 is 1.06 bits per heavy atom. The predicted molar refractivity (Wildman–Crippen MR) is 107 cm³/mol. The van der Waals surface area contributed by atoms with Crippen LogP contribution >= 0.6 is 0 Å². The van der Waals surface area contributed by atoms with Gasteiger partial charge in [0.2, 0.25) is 5.91 Å². The van der Waals surface area contributed by atoms with Gasteiger partial charge in [-0.15, -0.1) is 0 Å².